The number of nitrogens with one attached hydrogen (secondary N) is 1. The van der Waals surface area contributed by atoms with Crippen LogP contribution in [0.25, 0.3) is 11.6 Å². The maximum atomic E-state index is 12.6. The van der Waals surface area contributed by atoms with Gasteiger partial charge < -0.3 is 4.90 Å². The molecule has 2 aliphatic heterocycles. The standard InChI is InChI=1S/C20H16N2O4S/c1-27(25,26)15-10-8-14(9-11-15)17-18(20(24)21-19(17)23)22-12-4-6-13-5-2-3-7-16(13)22/h2-11H,12H2,1H3,(H,21,23,24). The molecule has 2 aliphatic rings. The highest BCUT2D eigenvalue weighted by molar-refractivity contribution is 7.90. The van der Waals surface area contributed by atoms with E-state index in [1.165, 1.54) is 12.1 Å². The molecular formula is C20H16N2O4S. The van der Waals surface area contributed by atoms with E-state index in [1.54, 1.807) is 17.0 Å². The van der Waals surface area contributed by atoms with Crippen molar-refractivity contribution in [2.75, 3.05) is 17.7 Å². The van der Waals surface area contributed by atoms with Crippen LogP contribution in [0.15, 0.2) is 65.2 Å². The molecule has 2 aromatic rings. The third kappa shape index (κ3) is 2.96. The molecule has 0 radical (unpaired) electrons. The molecule has 0 fully saturated rings. The van der Waals surface area contributed by atoms with Crippen molar-refractivity contribution in [3.63, 3.8) is 0 Å². The summed E-state index contributed by atoms with van der Waals surface area (Å²) in [6, 6.07) is 13.6. The fraction of sp³-hybridized carbons (Fsp3) is 0.100. The van der Waals surface area contributed by atoms with Gasteiger partial charge in [-0.1, -0.05) is 42.5 Å². The van der Waals surface area contributed by atoms with Gasteiger partial charge >= 0.3 is 0 Å². The average molecular weight is 380 g/mol. The molecule has 2 aromatic carbocycles. The Hall–Kier alpha value is -3.19. The van der Waals surface area contributed by atoms with E-state index in [0.717, 1.165) is 17.5 Å². The van der Waals surface area contributed by atoms with Crippen LogP contribution < -0.4 is 10.2 Å². The van der Waals surface area contributed by atoms with Crippen LogP contribution in [0.4, 0.5) is 5.69 Å². The minimum atomic E-state index is -3.34. The number of sulfone groups is 1. The van der Waals surface area contributed by atoms with Crippen LogP contribution in [0.3, 0.4) is 0 Å². The van der Waals surface area contributed by atoms with Crippen LogP contribution >= 0.6 is 0 Å². The number of carbonyl (C=O) groups is 2. The lowest BCUT2D eigenvalue weighted by atomic mass is 10.0. The molecule has 0 aromatic heterocycles. The maximum Gasteiger partial charge on any atom is 0.275 e. The predicted octanol–water partition coefficient (Wildman–Crippen LogP) is 1.99. The van der Waals surface area contributed by atoms with Crippen LogP contribution in [0.5, 0.6) is 0 Å². The molecule has 1 N–H and O–H groups in total. The first-order valence-electron chi connectivity index (χ1n) is 8.30. The Kier molecular flexibility index (Phi) is 3.96. The first-order valence-corrected chi connectivity index (χ1v) is 10.2. The van der Waals surface area contributed by atoms with Gasteiger partial charge in [-0.2, -0.15) is 0 Å². The molecule has 4 rings (SSSR count). The maximum absolute atomic E-state index is 12.6. The van der Waals surface area contributed by atoms with E-state index in [4.69, 9.17) is 0 Å². The van der Waals surface area contributed by atoms with E-state index < -0.39 is 21.7 Å². The number of imide groups is 1. The zero-order chi connectivity index (χ0) is 19.2. The number of para-hydroxylation sites is 1. The SMILES string of the molecule is CS(=O)(=O)c1ccc(C2=C(N3CC=Cc4ccccc43)C(=O)NC2=O)cc1. The highest BCUT2D eigenvalue weighted by atomic mass is 32.2. The Labute approximate surface area is 156 Å². The number of hydrogen-bond acceptors (Lipinski definition) is 5. The monoisotopic (exact) mass is 380 g/mol. The largest absolute Gasteiger partial charge is 0.332 e. The topological polar surface area (TPSA) is 83.6 Å². The summed E-state index contributed by atoms with van der Waals surface area (Å²) in [5, 5.41) is 2.35. The molecule has 0 aliphatic carbocycles. The number of nitrogens with zero attached hydrogens (tertiary/aromatic N) is 1. The van der Waals surface area contributed by atoms with Crippen molar-refractivity contribution in [1.82, 2.24) is 5.32 Å². The molecule has 27 heavy (non-hydrogen) atoms. The van der Waals surface area contributed by atoms with Gasteiger partial charge in [0, 0.05) is 18.5 Å². The Balaban J connectivity index is 1.86. The second-order valence-electron chi connectivity index (χ2n) is 6.38. The summed E-state index contributed by atoms with van der Waals surface area (Å²) < 4.78 is 23.3. The molecule has 6 nitrogen and oxygen atoms in total. The number of benzene rings is 2. The molecule has 0 saturated carbocycles. The van der Waals surface area contributed by atoms with Crippen LogP contribution in [0.2, 0.25) is 0 Å². The number of fused-ring (bicyclic) bond motifs is 1. The molecule has 2 heterocycles. The number of hydrogen-bond donors (Lipinski definition) is 1. The van der Waals surface area contributed by atoms with Gasteiger partial charge in [-0.05, 0) is 29.3 Å². The molecule has 2 amide bonds. The molecule has 0 spiro atoms. The van der Waals surface area contributed by atoms with Crippen molar-refractivity contribution in [1.29, 1.82) is 0 Å². The molecule has 0 unspecified atom stereocenters. The van der Waals surface area contributed by atoms with E-state index >= 15 is 0 Å². The lowest BCUT2D eigenvalue weighted by Crippen LogP contribution is -2.32. The van der Waals surface area contributed by atoms with Gasteiger partial charge in [-0.25, -0.2) is 8.42 Å². The summed E-state index contributed by atoms with van der Waals surface area (Å²) in [5.74, 6) is -0.957. The van der Waals surface area contributed by atoms with Crippen LogP contribution in [0, 0.1) is 0 Å². The number of carbonyl (C=O) groups excluding carboxylic acids is 2. The fourth-order valence-corrected chi connectivity index (χ4v) is 3.94. The van der Waals surface area contributed by atoms with Gasteiger partial charge in [0.05, 0.1) is 10.5 Å². The minimum absolute atomic E-state index is 0.157. The summed E-state index contributed by atoms with van der Waals surface area (Å²) in [4.78, 5) is 27.0. The minimum Gasteiger partial charge on any atom is -0.332 e. The van der Waals surface area contributed by atoms with E-state index in [2.05, 4.69) is 5.32 Å². The van der Waals surface area contributed by atoms with Crippen molar-refractivity contribution in [3.05, 3.63) is 71.4 Å². The molecule has 0 atom stereocenters. The van der Waals surface area contributed by atoms with Crippen molar-refractivity contribution in [2.24, 2.45) is 0 Å². The third-order valence-electron chi connectivity index (χ3n) is 4.56. The number of amides is 2. The normalized spacial score (nSPS) is 16.6. The van der Waals surface area contributed by atoms with Gasteiger partial charge in [-0.15, -0.1) is 0 Å². The smallest absolute Gasteiger partial charge is 0.275 e. The lowest BCUT2D eigenvalue weighted by molar-refractivity contribution is -0.123. The lowest BCUT2D eigenvalue weighted by Gasteiger charge is -2.28. The fourth-order valence-electron chi connectivity index (χ4n) is 3.31. The van der Waals surface area contributed by atoms with Gasteiger partial charge in [0.15, 0.2) is 9.84 Å². The quantitative estimate of drug-likeness (QED) is 0.824. The van der Waals surface area contributed by atoms with Gasteiger partial charge in [-0.3, -0.25) is 14.9 Å². The summed E-state index contributed by atoms with van der Waals surface area (Å²) >= 11 is 0. The van der Waals surface area contributed by atoms with Gasteiger partial charge in [0.1, 0.15) is 5.70 Å². The van der Waals surface area contributed by atoms with Gasteiger partial charge in [0.25, 0.3) is 11.8 Å². The average Bonchev–Trinajstić information content (AvgIpc) is 2.94. The molecule has 0 bridgehead atoms. The molecule has 136 valence electrons. The van der Waals surface area contributed by atoms with Crippen molar-refractivity contribution >= 4 is 39.0 Å². The van der Waals surface area contributed by atoms with E-state index in [9.17, 15) is 18.0 Å². The highest BCUT2D eigenvalue weighted by Crippen LogP contribution is 2.34. The van der Waals surface area contributed by atoms with E-state index in [1.807, 2.05) is 36.4 Å². The third-order valence-corrected chi connectivity index (χ3v) is 5.69. The van der Waals surface area contributed by atoms with Gasteiger partial charge in [0.2, 0.25) is 0 Å². The molecule has 7 heteroatoms. The second kappa shape index (κ2) is 6.21. The van der Waals surface area contributed by atoms with Crippen molar-refractivity contribution < 1.29 is 18.0 Å². The summed E-state index contributed by atoms with van der Waals surface area (Å²) in [7, 11) is -3.34. The second-order valence-corrected chi connectivity index (χ2v) is 8.39. The zero-order valence-corrected chi connectivity index (χ0v) is 15.3. The number of anilines is 1. The first-order chi connectivity index (χ1) is 12.9. The molecule has 0 saturated heterocycles. The highest BCUT2D eigenvalue weighted by Gasteiger charge is 2.36. The van der Waals surface area contributed by atoms with Crippen LogP contribution in [-0.4, -0.2) is 33.0 Å². The van der Waals surface area contributed by atoms with Crippen LogP contribution in [0.1, 0.15) is 11.1 Å². The van der Waals surface area contributed by atoms with E-state index in [0.29, 0.717) is 12.1 Å². The Morgan fingerprint density at radius 1 is 0.963 bits per heavy atom. The Bertz CT molecular complexity index is 1130. The van der Waals surface area contributed by atoms with Crippen molar-refractivity contribution in [3.8, 4) is 0 Å². The Morgan fingerprint density at radius 2 is 1.67 bits per heavy atom. The zero-order valence-electron chi connectivity index (χ0n) is 14.5. The summed E-state index contributed by atoms with van der Waals surface area (Å²) in [6.45, 7) is 0.456. The van der Waals surface area contributed by atoms with Crippen molar-refractivity contribution in [2.45, 2.75) is 4.90 Å². The first kappa shape index (κ1) is 17.2. The summed E-state index contributed by atoms with van der Waals surface area (Å²) in [6.07, 6.45) is 5.02. The van der Waals surface area contributed by atoms with Crippen LogP contribution in [-0.2, 0) is 19.4 Å². The van der Waals surface area contributed by atoms with E-state index in [-0.39, 0.29) is 16.2 Å². The molecular weight excluding hydrogens is 364 g/mol. The number of rotatable bonds is 3. The Morgan fingerprint density at radius 3 is 2.37 bits per heavy atom. The summed E-state index contributed by atoms with van der Waals surface area (Å²) in [5.41, 5.74) is 2.79. The predicted molar refractivity (Wildman–Crippen MR) is 102 cm³/mol.